The minimum Gasteiger partial charge on any atom is -0.353 e. The summed E-state index contributed by atoms with van der Waals surface area (Å²) in [6.07, 6.45) is 2.96. The van der Waals surface area contributed by atoms with Gasteiger partial charge in [-0.05, 0) is 51.1 Å². The molecule has 0 aromatic carbocycles. The average molecular weight is 377 g/mol. The molecule has 0 aliphatic heterocycles. The molecule has 0 fully saturated rings. The molecule has 2 N–H and O–H groups in total. The van der Waals surface area contributed by atoms with Crippen LogP contribution in [0.5, 0.6) is 0 Å². The first-order valence-corrected chi connectivity index (χ1v) is 10.0. The number of likely N-dealkylation sites (N-methyl/N-ethyl adjacent to an activating group) is 1. The summed E-state index contributed by atoms with van der Waals surface area (Å²) >= 11 is 1.52. The van der Waals surface area contributed by atoms with Crippen molar-refractivity contribution in [2.24, 2.45) is 5.92 Å². The summed E-state index contributed by atoms with van der Waals surface area (Å²) in [4.78, 5) is 27.4. The van der Waals surface area contributed by atoms with Crippen molar-refractivity contribution in [2.45, 2.75) is 53.0 Å². The number of rotatable bonds is 7. The molecule has 1 aromatic heterocycles. The lowest BCUT2D eigenvalue weighted by Crippen LogP contribution is -2.42. The Labute approximate surface area is 159 Å². The van der Waals surface area contributed by atoms with Crippen LogP contribution in [-0.4, -0.2) is 42.4 Å². The van der Waals surface area contributed by atoms with Crippen molar-refractivity contribution in [3.63, 3.8) is 0 Å². The molecule has 1 aliphatic rings. The SMILES string of the molecule is CCN(CC(=O)Nc1sc2c(c1C#N)CC[C@@H](C)C2)CC(=O)NC(C)C. The highest BCUT2D eigenvalue weighted by Gasteiger charge is 2.25. The summed E-state index contributed by atoms with van der Waals surface area (Å²) in [6, 6.07) is 2.34. The molecule has 26 heavy (non-hydrogen) atoms. The zero-order valence-electron chi connectivity index (χ0n) is 16.0. The molecule has 0 saturated heterocycles. The number of thiophene rings is 1. The number of amides is 2. The number of nitrogens with one attached hydrogen (secondary N) is 2. The van der Waals surface area contributed by atoms with Crippen molar-refractivity contribution in [1.82, 2.24) is 10.2 Å². The number of anilines is 1. The van der Waals surface area contributed by atoms with Crippen molar-refractivity contribution in [2.75, 3.05) is 25.0 Å². The molecular formula is C19H28N4O2S. The Morgan fingerprint density at radius 1 is 1.35 bits per heavy atom. The molecule has 142 valence electrons. The van der Waals surface area contributed by atoms with Gasteiger partial charge in [-0.2, -0.15) is 5.26 Å². The van der Waals surface area contributed by atoms with Crippen molar-refractivity contribution in [3.05, 3.63) is 16.0 Å². The maximum absolute atomic E-state index is 12.4. The fourth-order valence-electron chi connectivity index (χ4n) is 3.18. The largest absolute Gasteiger partial charge is 0.353 e. The molecule has 2 amide bonds. The third-order valence-corrected chi connectivity index (χ3v) is 5.68. The Balaban J connectivity index is 2.01. The van der Waals surface area contributed by atoms with E-state index in [1.165, 1.54) is 16.2 Å². The molecule has 1 atom stereocenters. The maximum atomic E-state index is 12.4. The number of carbonyl (C=O) groups is 2. The fourth-order valence-corrected chi connectivity index (χ4v) is 4.55. The van der Waals surface area contributed by atoms with Crippen molar-refractivity contribution in [1.29, 1.82) is 5.26 Å². The lowest BCUT2D eigenvalue weighted by Gasteiger charge is -2.20. The van der Waals surface area contributed by atoms with E-state index in [1.54, 1.807) is 4.90 Å². The van der Waals surface area contributed by atoms with Gasteiger partial charge < -0.3 is 10.6 Å². The molecule has 0 radical (unpaired) electrons. The number of fused-ring (bicyclic) bond motifs is 1. The first-order chi connectivity index (χ1) is 12.3. The van der Waals surface area contributed by atoms with Gasteiger partial charge in [0.1, 0.15) is 11.1 Å². The van der Waals surface area contributed by atoms with Gasteiger partial charge in [0.25, 0.3) is 0 Å². The number of nitrogens with zero attached hydrogens (tertiary/aromatic N) is 2. The minimum atomic E-state index is -0.188. The van der Waals surface area contributed by atoms with Gasteiger partial charge in [0.15, 0.2) is 0 Å². The zero-order valence-corrected chi connectivity index (χ0v) is 16.8. The fraction of sp³-hybridized carbons (Fsp3) is 0.632. The van der Waals surface area contributed by atoms with Crippen molar-refractivity contribution in [3.8, 4) is 6.07 Å². The van der Waals surface area contributed by atoms with Gasteiger partial charge in [0.2, 0.25) is 11.8 Å². The molecule has 1 heterocycles. The number of carbonyl (C=O) groups excluding carboxylic acids is 2. The third-order valence-electron chi connectivity index (χ3n) is 4.51. The van der Waals surface area contributed by atoms with Gasteiger partial charge in [-0.15, -0.1) is 11.3 Å². The molecule has 0 unspecified atom stereocenters. The normalized spacial score (nSPS) is 16.3. The van der Waals surface area contributed by atoms with E-state index in [2.05, 4.69) is 23.6 Å². The number of hydrogen-bond acceptors (Lipinski definition) is 5. The first kappa shape index (κ1) is 20.4. The summed E-state index contributed by atoms with van der Waals surface area (Å²) in [5.74, 6) is 0.339. The van der Waals surface area contributed by atoms with E-state index in [0.29, 0.717) is 23.0 Å². The Morgan fingerprint density at radius 2 is 2.04 bits per heavy atom. The van der Waals surface area contributed by atoms with E-state index in [4.69, 9.17) is 0 Å². The van der Waals surface area contributed by atoms with Crippen LogP contribution in [0.15, 0.2) is 0 Å². The van der Waals surface area contributed by atoms with Crippen LogP contribution in [0.4, 0.5) is 5.00 Å². The van der Waals surface area contributed by atoms with E-state index in [-0.39, 0.29) is 30.9 Å². The standard InChI is InChI=1S/C19H28N4O2S/c1-5-23(10-17(24)21-12(2)3)11-18(25)22-19-15(9-20)14-7-6-13(4)8-16(14)26-19/h12-13H,5-8,10-11H2,1-4H3,(H,21,24)(H,22,25)/t13-/m1/s1. The van der Waals surface area contributed by atoms with Crippen LogP contribution in [0.25, 0.3) is 0 Å². The van der Waals surface area contributed by atoms with Crippen molar-refractivity contribution < 1.29 is 9.59 Å². The Bertz CT molecular complexity index is 705. The Morgan fingerprint density at radius 3 is 2.65 bits per heavy atom. The molecule has 0 bridgehead atoms. The predicted octanol–water partition coefficient (Wildman–Crippen LogP) is 2.53. The highest BCUT2D eigenvalue weighted by molar-refractivity contribution is 7.16. The van der Waals surface area contributed by atoms with Crippen LogP contribution in [0, 0.1) is 17.2 Å². The second-order valence-corrected chi connectivity index (χ2v) is 8.35. The monoisotopic (exact) mass is 376 g/mol. The van der Waals surface area contributed by atoms with Gasteiger partial charge in [0.05, 0.1) is 18.7 Å². The van der Waals surface area contributed by atoms with Gasteiger partial charge in [-0.1, -0.05) is 13.8 Å². The highest BCUT2D eigenvalue weighted by atomic mass is 32.1. The molecule has 0 saturated carbocycles. The summed E-state index contributed by atoms with van der Waals surface area (Å²) in [5, 5.41) is 15.9. The van der Waals surface area contributed by atoms with E-state index in [0.717, 1.165) is 24.8 Å². The lowest BCUT2D eigenvalue weighted by molar-refractivity contribution is -0.123. The van der Waals surface area contributed by atoms with Crippen LogP contribution in [0.3, 0.4) is 0 Å². The molecule has 7 heteroatoms. The second kappa shape index (κ2) is 9.15. The smallest absolute Gasteiger partial charge is 0.239 e. The quantitative estimate of drug-likeness (QED) is 0.766. The predicted molar refractivity (Wildman–Crippen MR) is 104 cm³/mol. The highest BCUT2D eigenvalue weighted by Crippen LogP contribution is 2.39. The summed E-state index contributed by atoms with van der Waals surface area (Å²) < 4.78 is 0. The van der Waals surface area contributed by atoms with Crippen LogP contribution < -0.4 is 10.6 Å². The second-order valence-electron chi connectivity index (χ2n) is 7.24. The summed E-state index contributed by atoms with van der Waals surface area (Å²) in [6.45, 7) is 8.86. The van der Waals surface area contributed by atoms with Crippen LogP contribution in [0.2, 0.25) is 0 Å². The third kappa shape index (κ3) is 5.29. The minimum absolute atomic E-state index is 0.0769. The first-order valence-electron chi connectivity index (χ1n) is 9.20. The summed E-state index contributed by atoms with van der Waals surface area (Å²) in [7, 11) is 0. The lowest BCUT2D eigenvalue weighted by atomic mass is 9.89. The van der Waals surface area contributed by atoms with E-state index in [9.17, 15) is 14.9 Å². The van der Waals surface area contributed by atoms with Gasteiger partial charge in [-0.25, -0.2) is 0 Å². The van der Waals surface area contributed by atoms with Gasteiger partial charge in [-0.3, -0.25) is 14.5 Å². The van der Waals surface area contributed by atoms with Crippen LogP contribution >= 0.6 is 11.3 Å². The number of hydrogen-bond donors (Lipinski definition) is 2. The maximum Gasteiger partial charge on any atom is 0.239 e. The van der Waals surface area contributed by atoms with Gasteiger partial charge in [0, 0.05) is 10.9 Å². The Kier molecular flexibility index (Phi) is 7.18. The molecule has 0 spiro atoms. The Hall–Kier alpha value is -1.91. The summed E-state index contributed by atoms with van der Waals surface area (Å²) in [5.41, 5.74) is 1.72. The molecule has 2 rings (SSSR count). The average Bonchev–Trinajstić information content (AvgIpc) is 2.88. The van der Waals surface area contributed by atoms with Crippen molar-refractivity contribution >= 4 is 28.2 Å². The van der Waals surface area contributed by atoms with E-state index in [1.807, 2.05) is 20.8 Å². The zero-order chi connectivity index (χ0) is 19.3. The number of nitriles is 1. The van der Waals surface area contributed by atoms with Crippen LogP contribution in [-0.2, 0) is 22.4 Å². The van der Waals surface area contributed by atoms with E-state index < -0.39 is 0 Å². The van der Waals surface area contributed by atoms with Crippen LogP contribution in [0.1, 0.15) is 50.1 Å². The molecular weight excluding hydrogens is 348 g/mol. The van der Waals surface area contributed by atoms with Gasteiger partial charge >= 0.3 is 0 Å². The molecule has 1 aromatic rings. The van der Waals surface area contributed by atoms with E-state index >= 15 is 0 Å². The molecule has 6 nitrogen and oxygen atoms in total. The topological polar surface area (TPSA) is 85.2 Å². The molecule has 1 aliphatic carbocycles.